The van der Waals surface area contributed by atoms with Gasteiger partial charge in [-0.1, -0.05) is 36.4 Å². The van der Waals surface area contributed by atoms with Gasteiger partial charge in [-0.05, 0) is 24.8 Å². The van der Waals surface area contributed by atoms with Crippen LogP contribution < -0.4 is 5.32 Å². The number of imide groups is 1. The standard InChI is InChI=1S/C18H18N2O3/c21-16-9-10-17(22)20(16)12-15(11-13-5-2-1-3-6-13)19-18(23)14-7-4-8-14/h1-3,5-7,9-10,15H,4,8,11-12H2,(H,19,23). The van der Waals surface area contributed by atoms with Crippen LogP contribution in [0.4, 0.5) is 0 Å². The van der Waals surface area contributed by atoms with Crippen LogP contribution in [0.3, 0.4) is 0 Å². The maximum Gasteiger partial charge on any atom is 0.253 e. The Bertz CT molecular complexity index is 673. The molecule has 23 heavy (non-hydrogen) atoms. The minimum atomic E-state index is -0.329. The Balaban J connectivity index is 1.71. The molecule has 0 fully saturated rings. The van der Waals surface area contributed by atoms with Gasteiger partial charge in [0.1, 0.15) is 0 Å². The molecule has 2 aliphatic rings. The molecule has 3 rings (SSSR count). The SMILES string of the molecule is O=C(NC(Cc1ccccc1)CN1C(=O)C=CC1=O)C1=CCC1. The number of benzene rings is 1. The lowest BCUT2D eigenvalue weighted by Crippen LogP contribution is -2.47. The molecular weight excluding hydrogens is 292 g/mol. The van der Waals surface area contributed by atoms with E-state index in [0.29, 0.717) is 6.42 Å². The molecule has 1 N–H and O–H groups in total. The summed E-state index contributed by atoms with van der Waals surface area (Å²) in [6.07, 6.45) is 6.71. The largest absolute Gasteiger partial charge is 0.347 e. The smallest absolute Gasteiger partial charge is 0.253 e. The highest BCUT2D eigenvalue weighted by molar-refractivity contribution is 6.12. The monoisotopic (exact) mass is 310 g/mol. The Morgan fingerprint density at radius 2 is 1.78 bits per heavy atom. The van der Waals surface area contributed by atoms with E-state index in [9.17, 15) is 14.4 Å². The third kappa shape index (κ3) is 3.56. The highest BCUT2D eigenvalue weighted by atomic mass is 16.2. The molecule has 0 saturated carbocycles. The molecule has 0 bridgehead atoms. The van der Waals surface area contributed by atoms with Gasteiger partial charge in [0.25, 0.3) is 11.8 Å². The van der Waals surface area contributed by atoms with Gasteiger partial charge < -0.3 is 5.32 Å². The van der Waals surface area contributed by atoms with Crippen molar-refractivity contribution in [1.29, 1.82) is 0 Å². The van der Waals surface area contributed by atoms with Crippen LogP contribution in [0, 0.1) is 0 Å². The molecule has 0 saturated heterocycles. The minimum Gasteiger partial charge on any atom is -0.347 e. The van der Waals surface area contributed by atoms with Crippen molar-refractivity contribution in [2.45, 2.75) is 25.3 Å². The maximum absolute atomic E-state index is 12.2. The Morgan fingerprint density at radius 3 is 2.35 bits per heavy atom. The molecule has 5 heteroatoms. The molecule has 1 aromatic rings. The number of nitrogens with one attached hydrogen (secondary N) is 1. The van der Waals surface area contributed by atoms with Crippen LogP contribution in [0.15, 0.2) is 54.1 Å². The van der Waals surface area contributed by atoms with E-state index < -0.39 is 0 Å². The van der Waals surface area contributed by atoms with Crippen LogP contribution in [0.2, 0.25) is 0 Å². The molecule has 1 atom stereocenters. The third-order valence-electron chi connectivity index (χ3n) is 4.06. The number of rotatable bonds is 6. The maximum atomic E-state index is 12.2. The average molecular weight is 310 g/mol. The molecule has 1 aliphatic carbocycles. The number of hydrogen-bond acceptors (Lipinski definition) is 3. The van der Waals surface area contributed by atoms with Crippen LogP contribution in [-0.4, -0.2) is 35.2 Å². The topological polar surface area (TPSA) is 66.5 Å². The van der Waals surface area contributed by atoms with E-state index in [2.05, 4.69) is 5.32 Å². The first-order valence-corrected chi connectivity index (χ1v) is 7.71. The summed E-state index contributed by atoms with van der Waals surface area (Å²) in [5, 5.41) is 2.95. The van der Waals surface area contributed by atoms with Gasteiger partial charge in [0, 0.05) is 24.3 Å². The molecule has 0 aromatic heterocycles. The fourth-order valence-electron chi connectivity index (χ4n) is 2.66. The number of carbonyl (C=O) groups excluding carboxylic acids is 3. The Hall–Kier alpha value is -2.69. The minimum absolute atomic E-state index is 0.107. The summed E-state index contributed by atoms with van der Waals surface area (Å²) in [5.74, 6) is -0.764. The summed E-state index contributed by atoms with van der Waals surface area (Å²) >= 11 is 0. The van der Waals surface area contributed by atoms with Gasteiger partial charge in [-0.25, -0.2) is 0 Å². The Labute approximate surface area is 134 Å². The zero-order valence-electron chi connectivity index (χ0n) is 12.7. The van der Waals surface area contributed by atoms with Crippen molar-refractivity contribution >= 4 is 17.7 Å². The van der Waals surface area contributed by atoms with Crippen molar-refractivity contribution in [2.24, 2.45) is 0 Å². The molecule has 1 heterocycles. The van der Waals surface area contributed by atoms with Crippen molar-refractivity contribution < 1.29 is 14.4 Å². The van der Waals surface area contributed by atoms with Crippen LogP contribution in [0.25, 0.3) is 0 Å². The first-order chi connectivity index (χ1) is 11.1. The second-order valence-corrected chi connectivity index (χ2v) is 5.75. The fourth-order valence-corrected chi connectivity index (χ4v) is 2.66. The van der Waals surface area contributed by atoms with Crippen molar-refractivity contribution in [3.8, 4) is 0 Å². The van der Waals surface area contributed by atoms with Gasteiger partial charge >= 0.3 is 0 Å². The predicted octanol–water partition coefficient (Wildman–Crippen LogP) is 1.36. The summed E-state index contributed by atoms with van der Waals surface area (Å²) in [6, 6.07) is 9.40. The molecule has 0 radical (unpaired) electrons. The van der Waals surface area contributed by atoms with E-state index in [4.69, 9.17) is 0 Å². The molecule has 118 valence electrons. The van der Waals surface area contributed by atoms with Gasteiger partial charge in [-0.3, -0.25) is 19.3 Å². The summed E-state index contributed by atoms with van der Waals surface area (Å²) in [5.41, 5.74) is 1.83. The molecule has 3 amide bonds. The van der Waals surface area contributed by atoms with E-state index in [1.807, 2.05) is 36.4 Å². The summed E-state index contributed by atoms with van der Waals surface area (Å²) in [4.78, 5) is 36.9. The van der Waals surface area contributed by atoms with Gasteiger partial charge in [0.2, 0.25) is 5.91 Å². The molecule has 1 aliphatic heterocycles. The van der Waals surface area contributed by atoms with Crippen LogP contribution in [0.1, 0.15) is 18.4 Å². The average Bonchev–Trinajstić information content (AvgIpc) is 2.78. The highest BCUT2D eigenvalue weighted by Gasteiger charge is 2.28. The van der Waals surface area contributed by atoms with E-state index in [-0.39, 0.29) is 30.3 Å². The molecule has 0 spiro atoms. The van der Waals surface area contributed by atoms with E-state index >= 15 is 0 Å². The normalized spacial score (nSPS) is 17.7. The fraction of sp³-hybridized carbons (Fsp3) is 0.278. The number of nitrogens with zero attached hydrogens (tertiary/aromatic N) is 1. The first-order valence-electron chi connectivity index (χ1n) is 7.71. The second kappa shape index (κ2) is 6.60. The third-order valence-corrected chi connectivity index (χ3v) is 4.06. The van der Waals surface area contributed by atoms with Gasteiger partial charge in [-0.2, -0.15) is 0 Å². The lowest BCUT2D eigenvalue weighted by Gasteiger charge is -2.25. The summed E-state index contributed by atoms with van der Waals surface area (Å²) in [6.45, 7) is 0.179. The zero-order chi connectivity index (χ0) is 16.2. The van der Waals surface area contributed by atoms with E-state index in [1.165, 1.54) is 17.1 Å². The summed E-state index contributed by atoms with van der Waals surface area (Å²) < 4.78 is 0. The molecule has 1 unspecified atom stereocenters. The first kappa shape index (κ1) is 15.2. The van der Waals surface area contributed by atoms with E-state index in [0.717, 1.165) is 24.0 Å². The lowest BCUT2D eigenvalue weighted by atomic mass is 9.97. The predicted molar refractivity (Wildman–Crippen MR) is 85.3 cm³/mol. The highest BCUT2D eigenvalue weighted by Crippen LogP contribution is 2.18. The molecule has 5 nitrogen and oxygen atoms in total. The van der Waals surface area contributed by atoms with Crippen molar-refractivity contribution in [3.05, 3.63) is 59.7 Å². The second-order valence-electron chi connectivity index (χ2n) is 5.75. The van der Waals surface area contributed by atoms with Gasteiger partial charge in [0.15, 0.2) is 0 Å². The Kier molecular flexibility index (Phi) is 4.37. The number of allylic oxidation sites excluding steroid dienone is 1. The molecular formula is C18H18N2O3. The van der Waals surface area contributed by atoms with Crippen molar-refractivity contribution in [1.82, 2.24) is 10.2 Å². The molecule has 1 aromatic carbocycles. The van der Waals surface area contributed by atoms with Crippen molar-refractivity contribution in [2.75, 3.05) is 6.54 Å². The van der Waals surface area contributed by atoms with Crippen molar-refractivity contribution in [3.63, 3.8) is 0 Å². The van der Waals surface area contributed by atoms with Crippen LogP contribution in [0.5, 0.6) is 0 Å². The zero-order valence-corrected chi connectivity index (χ0v) is 12.7. The van der Waals surface area contributed by atoms with E-state index in [1.54, 1.807) is 0 Å². The quantitative estimate of drug-likeness (QED) is 0.807. The van der Waals surface area contributed by atoms with Gasteiger partial charge in [-0.15, -0.1) is 0 Å². The Morgan fingerprint density at radius 1 is 1.13 bits per heavy atom. The summed E-state index contributed by atoms with van der Waals surface area (Å²) in [7, 11) is 0. The number of carbonyl (C=O) groups is 3. The van der Waals surface area contributed by atoms with Crippen LogP contribution in [-0.2, 0) is 20.8 Å². The number of amides is 3. The van der Waals surface area contributed by atoms with Gasteiger partial charge in [0.05, 0.1) is 6.04 Å². The lowest BCUT2D eigenvalue weighted by molar-refractivity contribution is -0.137. The van der Waals surface area contributed by atoms with Crippen LogP contribution >= 0.6 is 0 Å². The number of hydrogen-bond donors (Lipinski definition) is 1.